The van der Waals surface area contributed by atoms with Gasteiger partial charge < -0.3 is 4.74 Å². The quantitative estimate of drug-likeness (QED) is 0.460. The molecule has 2 heterocycles. The van der Waals surface area contributed by atoms with Gasteiger partial charge in [0.05, 0.1) is 0 Å². The van der Waals surface area contributed by atoms with E-state index in [1.165, 1.54) is 6.42 Å². The first-order valence-electron chi connectivity index (χ1n) is 3.13. The molecule has 0 aromatic carbocycles. The molecule has 0 aliphatic carbocycles. The molecule has 2 atom stereocenters. The molecule has 0 radical (unpaired) electrons. The van der Waals surface area contributed by atoms with Crippen molar-refractivity contribution in [3.8, 4) is 0 Å². The van der Waals surface area contributed by atoms with Crippen LogP contribution in [-0.2, 0) is 4.74 Å². The van der Waals surface area contributed by atoms with Crippen molar-refractivity contribution in [3.63, 3.8) is 0 Å². The zero-order valence-corrected chi connectivity index (χ0v) is 5.35. The fourth-order valence-corrected chi connectivity index (χ4v) is 1.67. The zero-order chi connectivity index (χ0) is 5.78. The van der Waals surface area contributed by atoms with E-state index in [2.05, 4.69) is 18.7 Å². The highest BCUT2D eigenvalue weighted by molar-refractivity contribution is 4.98. The highest BCUT2D eigenvalue weighted by atomic mass is 16.6. The van der Waals surface area contributed by atoms with Crippen LogP contribution in [0.1, 0.15) is 20.3 Å². The summed E-state index contributed by atoms with van der Waals surface area (Å²) < 4.78 is 5.31. The van der Waals surface area contributed by atoms with Crippen LogP contribution in [0.4, 0.5) is 0 Å². The molecule has 0 aromatic rings. The summed E-state index contributed by atoms with van der Waals surface area (Å²) in [7, 11) is 0. The van der Waals surface area contributed by atoms with E-state index in [1.54, 1.807) is 0 Å². The maximum absolute atomic E-state index is 5.31. The van der Waals surface area contributed by atoms with Gasteiger partial charge >= 0.3 is 0 Å². The normalized spacial score (nSPS) is 54.0. The first kappa shape index (κ1) is 4.77. The molecule has 0 bridgehead atoms. The lowest BCUT2D eigenvalue weighted by molar-refractivity contribution is -0.368. The molecule has 0 spiro atoms. The van der Waals surface area contributed by atoms with Crippen molar-refractivity contribution in [2.45, 2.75) is 32.0 Å². The second-order valence-electron chi connectivity index (χ2n) is 2.97. The Morgan fingerprint density at radius 2 is 2.50 bits per heavy atom. The van der Waals surface area contributed by atoms with Gasteiger partial charge in [0.1, 0.15) is 12.5 Å². The summed E-state index contributed by atoms with van der Waals surface area (Å²) in [6, 6.07) is 0.772. The largest absolute Gasteiger partial charge is 0.345 e. The number of nitrogens with zero attached hydrogens (tertiary/aromatic N) is 1. The molecule has 0 N–H and O–H groups in total. The van der Waals surface area contributed by atoms with Crippen LogP contribution in [0.15, 0.2) is 0 Å². The smallest absolute Gasteiger partial charge is 0.124 e. The van der Waals surface area contributed by atoms with E-state index in [4.69, 9.17) is 4.74 Å². The molecule has 2 unspecified atom stereocenters. The number of hydrogen-bond acceptors (Lipinski definition) is 2. The number of rotatable bonds is 0. The predicted octanol–water partition coefficient (Wildman–Crippen LogP) is 0.784. The van der Waals surface area contributed by atoms with Crippen LogP contribution >= 0.6 is 0 Å². The SMILES string of the molecule is CC1CC2(C)OCN12. The van der Waals surface area contributed by atoms with Crippen molar-refractivity contribution in [1.29, 1.82) is 0 Å². The van der Waals surface area contributed by atoms with Crippen molar-refractivity contribution in [1.82, 2.24) is 4.90 Å². The number of ether oxygens (including phenoxy) is 1. The molecule has 8 heavy (non-hydrogen) atoms. The van der Waals surface area contributed by atoms with Gasteiger partial charge in [0.25, 0.3) is 0 Å². The Labute approximate surface area is 49.4 Å². The van der Waals surface area contributed by atoms with Crippen LogP contribution in [0.5, 0.6) is 0 Å². The summed E-state index contributed by atoms with van der Waals surface area (Å²) in [5.41, 5.74) is 0.166. The molecule has 2 saturated heterocycles. The zero-order valence-electron chi connectivity index (χ0n) is 5.35. The third-order valence-electron chi connectivity index (χ3n) is 2.33. The molecule has 46 valence electrons. The van der Waals surface area contributed by atoms with Crippen LogP contribution in [0.3, 0.4) is 0 Å². The van der Waals surface area contributed by atoms with Crippen molar-refractivity contribution >= 4 is 0 Å². The maximum Gasteiger partial charge on any atom is 0.124 e. The summed E-state index contributed by atoms with van der Waals surface area (Å²) >= 11 is 0. The van der Waals surface area contributed by atoms with Crippen molar-refractivity contribution in [3.05, 3.63) is 0 Å². The predicted molar refractivity (Wildman–Crippen MR) is 30.3 cm³/mol. The van der Waals surface area contributed by atoms with Gasteiger partial charge in [0.2, 0.25) is 0 Å². The average molecular weight is 113 g/mol. The molecular weight excluding hydrogens is 102 g/mol. The Kier molecular flexibility index (Phi) is 0.649. The van der Waals surface area contributed by atoms with Gasteiger partial charge in [0.15, 0.2) is 0 Å². The monoisotopic (exact) mass is 113 g/mol. The highest BCUT2D eigenvalue weighted by Gasteiger charge is 2.54. The van der Waals surface area contributed by atoms with Gasteiger partial charge in [-0.15, -0.1) is 0 Å². The summed E-state index contributed by atoms with van der Waals surface area (Å²) in [6.45, 7) is 5.25. The summed E-state index contributed by atoms with van der Waals surface area (Å²) in [5.74, 6) is 0. The second kappa shape index (κ2) is 1.09. The standard InChI is InChI=1S/C6H11NO/c1-5-3-6(2)7(5)4-8-6/h5H,3-4H2,1-2H3. The lowest BCUT2D eigenvalue weighted by Crippen LogP contribution is -2.73. The Morgan fingerprint density at radius 3 is 2.50 bits per heavy atom. The fourth-order valence-electron chi connectivity index (χ4n) is 1.67. The number of hydrogen-bond donors (Lipinski definition) is 0. The van der Waals surface area contributed by atoms with E-state index in [9.17, 15) is 0 Å². The average Bonchev–Trinajstić information content (AvgIpc) is 1.64. The maximum atomic E-state index is 5.31. The van der Waals surface area contributed by atoms with Gasteiger partial charge in [-0.25, -0.2) is 4.90 Å². The van der Waals surface area contributed by atoms with E-state index in [0.29, 0.717) is 0 Å². The molecule has 2 nitrogen and oxygen atoms in total. The minimum atomic E-state index is 0.166. The van der Waals surface area contributed by atoms with Crippen LogP contribution in [0, 0.1) is 0 Å². The van der Waals surface area contributed by atoms with Crippen molar-refractivity contribution in [2.75, 3.05) is 6.73 Å². The van der Waals surface area contributed by atoms with Crippen LogP contribution in [0.25, 0.3) is 0 Å². The Balaban J connectivity index is 2.08. The Bertz CT molecular complexity index is 126. The Morgan fingerprint density at radius 1 is 1.75 bits per heavy atom. The third kappa shape index (κ3) is 0.327. The van der Waals surface area contributed by atoms with Gasteiger partial charge in [-0.1, -0.05) is 0 Å². The van der Waals surface area contributed by atoms with Crippen LogP contribution < -0.4 is 0 Å². The fraction of sp³-hybridized carbons (Fsp3) is 1.00. The molecule has 0 amide bonds. The molecular formula is C6H11NO. The van der Waals surface area contributed by atoms with E-state index in [1.807, 2.05) is 0 Å². The topological polar surface area (TPSA) is 12.5 Å². The van der Waals surface area contributed by atoms with E-state index in [0.717, 1.165) is 12.8 Å². The lowest BCUT2D eigenvalue weighted by Gasteiger charge is -2.62. The van der Waals surface area contributed by atoms with E-state index < -0.39 is 0 Å². The first-order chi connectivity index (χ1) is 3.72. The molecule has 2 aliphatic heterocycles. The minimum Gasteiger partial charge on any atom is -0.345 e. The van der Waals surface area contributed by atoms with E-state index in [-0.39, 0.29) is 5.72 Å². The molecule has 2 aliphatic rings. The van der Waals surface area contributed by atoms with Crippen molar-refractivity contribution < 1.29 is 4.74 Å². The molecule has 2 fully saturated rings. The van der Waals surface area contributed by atoms with E-state index >= 15 is 0 Å². The first-order valence-corrected chi connectivity index (χ1v) is 3.13. The molecule has 2 rings (SSSR count). The molecule has 0 aromatic heterocycles. The molecule has 2 heteroatoms. The van der Waals surface area contributed by atoms with Crippen LogP contribution in [0.2, 0.25) is 0 Å². The summed E-state index contributed by atoms with van der Waals surface area (Å²) in [5, 5.41) is 0. The minimum absolute atomic E-state index is 0.166. The van der Waals surface area contributed by atoms with Gasteiger partial charge in [-0.3, -0.25) is 0 Å². The second-order valence-corrected chi connectivity index (χ2v) is 2.97. The van der Waals surface area contributed by atoms with Gasteiger partial charge in [0, 0.05) is 12.5 Å². The third-order valence-corrected chi connectivity index (χ3v) is 2.33. The Hall–Kier alpha value is -0.0800. The van der Waals surface area contributed by atoms with Gasteiger partial charge in [-0.05, 0) is 13.8 Å². The highest BCUT2D eigenvalue weighted by Crippen LogP contribution is 2.43. The summed E-state index contributed by atoms with van der Waals surface area (Å²) in [4.78, 5) is 2.37. The lowest BCUT2D eigenvalue weighted by atomic mass is 9.90. The van der Waals surface area contributed by atoms with Crippen LogP contribution in [-0.4, -0.2) is 23.4 Å². The van der Waals surface area contributed by atoms with Gasteiger partial charge in [-0.2, -0.15) is 0 Å². The summed E-state index contributed by atoms with van der Waals surface area (Å²) in [6.07, 6.45) is 1.22. The number of fused-ring (bicyclic) bond motifs is 1. The molecule has 0 saturated carbocycles. The van der Waals surface area contributed by atoms with Crippen molar-refractivity contribution in [2.24, 2.45) is 0 Å².